The van der Waals surface area contributed by atoms with Crippen LogP contribution < -0.4 is 15.5 Å². The van der Waals surface area contributed by atoms with E-state index in [2.05, 4.69) is 20.6 Å². The maximum atomic E-state index is 13.4. The molecule has 0 bridgehead atoms. The van der Waals surface area contributed by atoms with Gasteiger partial charge in [-0.2, -0.15) is 0 Å². The largest absolute Gasteiger partial charge is 0.317 e. The number of aromatic nitrogens is 2. The van der Waals surface area contributed by atoms with Gasteiger partial charge in [0.1, 0.15) is 10.8 Å². The fourth-order valence-corrected chi connectivity index (χ4v) is 4.68. The van der Waals surface area contributed by atoms with Gasteiger partial charge in [0.25, 0.3) is 5.91 Å². The van der Waals surface area contributed by atoms with E-state index in [-0.39, 0.29) is 35.4 Å². The highest BCUT2D eigenvalue weighted by atomic mass is 35.5. The molecule has 0 aliphatic carbocycles. The molecule has 30 heavy (non-hydrogen) atoms. The average molecular weight is 450 g/mol. The number of hydrogen-bond donors (Lipinski definition) is 2. The number of anilines is 2. The zero-order valence-corrected chi connectivity index (χ0v) is 19.3. The van der Waals surface area contributed by atoms with E-state index in [0.29, 0.717) is 15.8 Å². The van der Waals surface area contributed by atoms with Crippen molar-refractivity contribution in [2.24, 2.45) is 5.92 Å². The van der Waals surface area contributed by atoms with Gasteiger partial charge in [0, 0.05) is 24.1 Å². The van der Waals surface area contributed by atoms with Gasteiger partial charge in [0.2, 0.25) is 5.91 Å². The van der Waals surface area contributed by atoms with Crippen molar-refractivity contribution in [2.75, 3.05) is 23.3 Å². The van der Waals surface area contributed by atoms with Crippen LogP contribution in [0.15, 0.2) is 18.3 Å². The molecule has 0 radical (unpaired) electrons. The van der Waals surface area contributed by atoms with E-state index >= 15 is 0 Å². The summed E-state index contributed by atoms with van der Waals surface area (Å²) in [5.74, 6) is 0.158. The van der Waals surface area contributed by atoms with Crippen LogP contribution in [0.4, 0.5) is 10.8 Å². The van der Waals surface area contributed by atoms with Crippen LogP contribution in [0.1, 0.15) is 62.0 Å². The monoisotopic (exact) mass is 449 g/mol. The van der Waals surface area contributed by atoms with E-state index in [1.54, 1.807) is 17.0 Å². The van der Waals surface area contributed by atoms with Gasteiger partial charge in [-0.15, -0.1) is 0 Å². The quantitative estimate of drug-likeness (QED) is 0.686. The second kappa shape index (κ2) is 9.85. The van der Waals surface area contributed by atoms with Gasteiger partial charge in [0.05, 0.1) is 10.0 Å². The number of carbonyl (C=O) groups is 2. The molecule has 2 aromatic heterocycles. The minimum Gasteiger partial charge on any atom is -0.317 e. The molecule has 1 aliphatic heterocycles. The standard InChI is InChI=1S/C21H28ClN5O2S/c1-12(2)19-26-17(18(28)25-16-6-5-15(22)11-24-16)21(30-19)27(13(3)4)20(29)14-7-9-23-10-8-14/h5-6,11-14,23H,7-10H2,1-4H3,(H,24,25,28). The number of halogens is 1. The lowest BCUT2D eigenvalue weighted by atomic mass is 9.96. The van der Waals surface area contributed by atoms with Gasteiger partial charge >= 0.3 is 0 Å². The topological polar surface area (TPSA) is 87.2 Å². The van der Waals surface area contributed by atoms with Gasteiger partial charge in [-0.1, -0.05) is 36.8 Å². The number of rotatable bonds is 6. The zero-order valence-electron chi connectivity index (χ0n) is 17.7. The van der Waals surface area contributed by atoms with Gasteiger partial charge in [-0.05, 0) is 51.9 Å². The summed E-state index contributed by atoms with van der Waals surface area (Å²) in [6.07, 6.45) is 3.07. The number of hydrogen-bond acceptors (Lipinski definition) is 6. The fourth-order valence-electron chi connectivity index (χ4n) is 3.37. The first-order valence-electron chi connectivity index (χ1n) is 10.2. The Kier molecular flexibility index (Phi) is 7.44. The van der Waals surface area contributed by atoms with Crippen LogP contribution in [-0.2, 0) is 4.79 Å². The number of thiazole rings is 1. The number of carbonyl (C=O) groups excluding carboxylic acids is 2. The van der Waals surface area contributed by atoms with Crippen LogP contribution in [0.2, 0.25) is 5.02 Å². The SMILES string of the molecule is CC(C)c1nc(C(=O)Nc2ccc(Cl)cn2)c(N(C(=O)C2CCNCC2)C(C)C)s1. The molecule has 3 heterocycles. The maximum absolute atomic E-state index is 13.4. The molecule has 0 atom stereocenters. The van der Waals surface area contributed by atoms with Crippen molar-refractivity contribution in [3.05, 3.63) is 34.1 Å². The molecule has 162 valence electrons. The highest BCUT2D eigenvalue weighted by Gasteiger charge is 2.33. The van der Waals surface area contributed by atoms with Gasteiger partial charge in [-0.25, -0.2) is 9.97 Å². The molecule has 9 heteroatoms. The fraction of sp³-hybridized carbons (Fsp3) is 0.524. The lowest BCUT2D eigenvalue weighted by molar-refractivity contribution is -0.123. The number of pyridine rings is 1. The third kappa shape index (κ3) is 5.17. The Hall–Kier alpha value is -2.03. The van der Waals surface area contributed by atoms with Crippen LogP contribution in [0.5, 0.6) is 0 Å². The molecular weight excluding hydrogens is 422 g/mol. The zero-order chi connectivity index (χ0) is 21.8. The minimum atomic E-state index is -0.383. The Labute approximate surface area is 186 Å². The van der Waals surface area contributed by atoms with Crippen molar-refractivity contribution >= 4 is 45.6 Å². The minimum absolute atomic E-state index is 0.0490. The summed E-state index contributed by atoms with van der Waals surface area (Å²) in [4.78, 5) is 37.0. The molecule has 2 aromatic rings. The van der Waals surface area contributed by atoms with Crippen LogP contribution in [0.3, 0.4) is 0 Å². The Morgan fingerprint density at radius 2 is 1.93 bits per heavy atom. The van der Waals surface area contributed by atoms with E-state index in [0.717, 1.165) is 30.9 Å². The third-order valence-corrected chi connectivity index (χ3v) is 6.54. The molecule has 0 saturated carbocycles. The van der Waals surface area contributed by atoms with Crippen molar-refractivity contribution in [1.29, 1.82) is 0 Å². The maximum Gasteiger partial charge on any atom is 0.278 e. The van der Waals surface area contributed by atoms with Crippen LogP contribution in [0, 0.1) is 5.92 Å². The lowest BCUT2D eigenvalue weighted by Crippen LogP contribution is -2.44. The van der Waals surface area contributed by atoms with Crippen molar-refractivity contribution in [3.63, 3.8) is 0 Å². The number of piperidine rings is 1. The third-order valence-electron chi connectivity index (χ3n) is 4.96. The summed E-state index contributed by atoms with van der Waals surface area (Å²) in [5.41, 5.74) is 0.261. The van der Waals surface area contributed by atoms with Gasteiger partial charge < -0.3 is 10.6 Å². The molecule has 1 saturated heterocycles. The summed E-state index contributed by atoms with van der Waals surface area (Å²) in [7, 11) is 0. The second-order valence-electron chi connectivity index (χ2n) is 8.00. The second-order valence-corrected chi connectivity index (χ2v) is 9.45. The molecule has 7 nitrogen and oxygen atoms in total. The molecule has 1 aliphatic rings. The van der Waals surface area contributed by atoms with E-state index in [1.165, 1.54) is 17.5 Å². The predicted octanol–water partition coefficient (Wildman–Crippen LogP) is 4.31. The highest BCUT2D eigenvalue weighted by Crippen LogP contribution is 2.36. The van der Waals surface area contributed by atoms with Gasteiger partial charge in [0.15, 0.2) is 5.69 Å². The van der Waals surface area contributed by atoms with E-state index in [1.807, 2.05) is 27.7 Å². The lowest BCUT2D eigenvalue weighted by Gasteiger charge is -2.31. The summed E-state index contributed by atoms with van der Waals surface area (Å²) in [6, 6.07) is 3.20. The summed E-state index contributed by atoms with van der Waals surface area (Å²) in [6.45, 7) is 9.65. The van der Waals surface area contributed by atoms with E-state index in [9.17, 15) is 9.59 Å². The molecule has 1 fully saturated rings. The van der Waals surface area contributed by atoms with Crippen LogP contribution >= 0.6 is 22.9 Å². The first-order chi connectivity index (χ1) is 14.3. The van der Waals surface area contributed by atoms with Crippen molar-refractivity contribution in [3.8, 4) is 0 Å². The van der Waals surface area contributed by atoms with E-state index < -0.39 is 0 Å². The average Bonchev–Trinajstić information content (AvgIpc) is 3.15. The molecular formula is C21H28ClN5O2S. The van der Waals surface area contributed by atoms with E-state index in [4.69, 9.17) is 11.6 Å². The summed E-state index contributed by atoms with van der Waals surface area (Å²) < 4.78 is 0. The smallest absolute Gasteiger partial charge is 0.278 e. The first-order valence-corrected chi connectivity index (χ1v) is 11.4. The number of amides is 2. The molecule has 0 spiro atoms. The molecule has 0 unspecified atom stereocenters. The van der Waals surface area contributed by atoms with Crippen LogP contribution in [-0.4, -0.2) is 40.9 Å². The normalized spacial score (nSPS) is 14.9. The Balaban J connectivity index is 1.95. The van der Waals surface area contributed by atoms with Crippen molar-refractivity contribution < 1.29 is 9.59 Å². The molecule has 2 N–H and O–H groups in total. The van der Waals surface area contributed by atoms with Crippen LogP contribution in [0.25, 0.3) is 0 Å². The van der Waals surface area contributed by atoms with Gasteiger partial charge in [-0.3, -0.25) is 14.5 Å². The Morgan fingerprint density at radius 3 is 2.50 bits per heavy atom. The first kappa shape index (κ1) is 22.7. The number of nitrogens with one attached hydrogen (secondary N) is 2. The van der Waals surface area contributed by atoms with Crippen molar-refractivity contribution in [1.82, 2.24) is 15.3 Å². The Morgan fingerprint density at radius 1 is 1.23 bits per heavy atom. The molecule has 2 amide bonds. The molecule has 3 rings (SSSR count). The predicted molar refractivity (Wildman–Crippen MR) is 122 cm³/mol. The highest BCUT2D eigenvalue weighted by molar-refractivity contribution is 7.16. The number of nitrogens with zero attached hydrogens (tertiary/aromatic N) is 3. The Bertz CT molecular complexity index is 891. The summed E-state index contributed by atoms with van der Waals surface area (Å²) in [5, 5.41) is 7.99. The van der Waals surface area contributed by atoms with Crippen molar-refractivity contribution in [2.45, 2.75) is 52.5 Å². The summed E-state index contributed by atoms with van der Waals surface area (Å²) >= 11 is 7.29. The molecule has 0 aromatic carbocycles.